The minimum Gasteiger partial charge on any atom is -0.351 e. The minimum atomic E-state index is -0.273. The first kappa shape index (κ1) is 10.3. The van der Waals surface area contributed by atoms with Gasteiger partial charge in [-0.3, -0.25) is 0 Å². The molecule has 0 saturated carbocycles. The average molecular weight is 185 g/mol. The Bertz CT molecular complexity index is 172. The van der Waals surface area contributed by atoms with Crippen LogP contribution in [0.1, 0.15) is 19.3 Å². The zero-order chi connectivity index (χ0) is 9.68. The van der Waals surface area contributed by atoms with E-state index in [0.717, 1.165) is 32.5 Å². The van der Waals surface area contributed by atoms with E-state index in [4.69, 9.17) is 5.73 Å². The van der Waals surface area contributed by atoms with Crippen molar-refractivity contribution >= 4 is 6.03 Å². The number of likely N-dealkylation sites (tertiary alicyclic amines) is 1. The molecular weight excluding hydrogens is 166 g/mol. The van der Waals surface area contributed by atoms with Crippen LogP contribution in [0.15, 0.2) is 0 Å². The summed E-state index contributed by atoms with van der Waals surface area (Å²) in [7, 11) is 1.97. The molecule has 1 atom stereocenters. The normalized spacial score (nSPS) is 24.1. The highest BCUT2D eigenvalue weighted by Crippen LogP contribution is 2.16. The Morgan fingerprint density at radius 1 is 1.54 bits per heavy atom. The molecule has 0 radical (unpaired) electrons. The van der Waals surface area contributed by atoms with Gasteiger partial charge in [0.1, 0.15) is 0 Å². The molecule has 0 aliphatic carbocycles. The van der Waals surface area contributed by atoms with Crippen LogP contribution in [-0.4, -0.2) is 37.6 Å². The SMILES string of the molecule is CNCC1CCCN(C(N)=O)CC1. The number of nitrogens with one attached hydrogen (secondary N) is 1. The Morgan fingerprint density at radius 2 is 2.31 bits per heavy atom. The second-order valence-corrected chi connectivity index (χ2v) is 3.68. The fourth-order valence-electron chi connectivity index (χ4n) is 1.88. The van der Waals surface area contributed by atoms with Crippen molar-refractivity contribution in [1.29, 1.82) is 0 Å². The van der Waals surface area contributed by atoms with Crippen LogP contribution < -0.4 is 11.1 Å². The lowest BCUT2D eigenvalue weighted by molar-refractivity contribution is 0.209. The van der Waals surface area contributed by atoms with Crippen molar-refractivity contribution in [2.24, 2.45) is 11.7 Å². The lowest BCUT2D eigenvalue weighted by atomic mass is 10.0. The van der Waals surface area contributed by atoms with Gasteiger partial charge in [-0.25, -0.2) is 4.79 Å². The van der Waals surface area contributed by atoms with Gasteiger partial charge in [-0.05, 0) is 38.8 Å². The van der Waals surface area contributed by atoms with Gasteiger partial charge < -0.3 is 16.0 Å². The van der Waals surface area contributed by atoms with Crippen molar-refractivity contribution < 1.29 is 4.79 Å². The number of rotatable bonds is 2. The first-order valence-corrected chi connectivity index (χ1v) is 4.93. The highest BCUT2D eigenvalue weighted by atomic mass is 16.2. The van der Waals surface area contributed by atoms with Gasteiger partial charge >= 0.3 is 6.03 Å². The van der Waals surface area contributed by atoms with E-state index in [1.54, 1.807) is 4.90 Å². The van der Waals surface area contributed by atoms with Crippen molar-refractivity contribution in [3.8, 4) is 0 Å². The molecule has 0 aromatic heterocycles. The molecule has 0 aromatic rings. The molecule has 1 rings (SSSR count). The Hall–Kier alpha value is -0.770. The predicted octanol–water partition coefficient (Wildman–Crippen LogP) is 0.387. The van der Waals surface area contributed by atoms with Crippen LogP contribution in [-0.2, 0) is 0 Å². The van der Waals surface area contributed by atoms with Crippen LogP contribution in [0.4, 0.5) is 4.79 Å². The Balaban J connectivity index is 2.35. The molecule has 0 spiro atoms. The first-order chi connectivity index (χ1) is 6.24. The van der Waals surface area contributed by atoms with E-state index in [2.05, 4.69) is 5.32 Å². The highest BCUT2D eigenvalue weighted by Gasteiger charge is 2.17. The summed E-state index contributed by atoms with van der Waals surface area (Å²) in [5.74, 6) is 0.703. The van der Waals surface area contributed by atoms with Crippen LogP contribution in [0.2, 0.25) is 0 Å². The maximum Gasteiger partial charge on any atom is 0.314 e. The van der Waals surface area contributed by atoms with Crippen molar-refractivity contribution in [1.82, 2.24) is 10.2 Å². The quantitative estimate of drug-likeness (QED) is 0.653. The molecule has 1 fully saturated rings. The topological polar surface area (TPSA) is 58.4 Å². The van der Waals surface area contributed by atoms with Gasteiger partial charge in [-0.1, -0.05) is 0 Å². The molecule has 4 heteroatoms. The van der Waals surface area contributed by atoms with Crippen molar-refractivity contribution in [2.45, 2.75) is 19.3 Å². The monoisotopic (exact) mass is 185 g/mol. The first-order valence-electron chi connectivity index (χ1n) is 4.93. The van der Waals surface area contributed by atoms with Gasteiger partial charge in [0.05, 0.1) is 0 Å². The van der Waals surface area contributed by atoms with E-state index in [9.17, 15) is 4.79 Å². The number of amides is 2. The third-order valence-corrected chi connectivity index (χ3v) is 2.65. The summed E-state index contributed by atoms with van der Waals surface area (Å²) in [6, 6.07) is -0.273. The maximum absolute atomic E-state index is 10.9. The standard InChI is InChI=1S/C9H19N3O/c1-11-7-8-3-2-5-12(6-4-8)9(10)13/h8,11H,2-7H2,1H3,(H2,10,13). The van der Waals surface area contributed by atoms with Gasteiger partial charge in [0.25, 0.3) is 0 Å². The molecule has 1 aliphatic rings. The molecule has 0 bridgehead atoms. The average Bonchev–Trinajstić information content (AvgIpc) is 2.30. The summed E-state index contributed by atoms with van der Waals surface area (Å²) in [6.07, 6.45) is 3.35. The predicted molar refractivity (Wildman–Crippen MR) is 52.4 cm³/mol. The van der Waals surface area contributed by atoms with E-state index >= 15 is 0 Å². The maximum atomic E-state index is 10.9. The molecule has 13 heavy (non-hydrogen) atoms. The number of carbonyl (C=O) groups is 1. The molecular formula is C9H19N3O. The number of hydrogen-bond donors (Lipinski definition) is 2. The number of hydrogen-bond acceptors (Lipinski definition) is 2. The van der Waals surface area contributed by atoms with Crippen molar-refractivity contribution in [2.75, 3.05) is 26.7 Å². The number of nitrogens with zero attached hydrogens (tertiary/aromatic N) is 1. The van der Waals surface area contributed by atoms with Gasteiger partial charge in [-0.15, -0.1) is 0 Å². The zero-order valence-corrected chi connectivity index (χ0v) is 8.25. The number of urea groups is 1. The summed E-state index contributed by atoms with van der Waals surface area (Å²) in [5, 5.41) is 3.17. The molecule has 76 valence electrons. The third-order valence-electron chi connectivity index (χ3n) is 2.65. The Labute approximate surface area is 79.5 Å². The van der Waals surface area contributed by atoms with Crippen LogP contribution in [0.3, 0.4) is 0 Å². The van der Waals surface area contributed by atoms with E-state index in [0.29, 0.717) is 5.92 Å². The third kappa shape index (κ3) is 3.22. The number of primary amides is 1. The van der Waals surface area contributed by atoms with Gasteiger partial charge in [0.15, 0.2) is 0 Å². The van der Waals surface area contributed by atoms with Gasteiger partial charge in [0, 0.05) is 13.1 Å². The molecule has 1 saturated heterocycles. The molecule has 1 unspecified atom stereocenters. The Kier molecular flexibility index (Phi) is 4.02. The number of carbonyl (C=O) groups excluding carboxylic acids is 1. The summed E-state index contributed by atoms with van der Waals surface area (Å²) in [5.41, 5.74) is 5.23. The molecule has 2 amide bonds. The van der Waals surface area contributed by atoms with Gasteiger partial charge in [0.2, 0.25) is 0 Å². The van der Waals surface area contributed by atoms with E-state index < -0.39 is 0 Å². The van der Waals surface area contributed by atoms with E-state index in [1.165, 1.54) is 6.42 Å². The summed E-state index contributed by atoms with van der Waals surface area (Å²) < 4.78 is 0. The molecule has 1 heterocycles. The molecule has 3 N–H and O–H groups in total. The van der Waals surface area contributed by atoms with Crippen LogP contribution in [0.5, 0.6) is 0 Å². The van der Waals surface area contributed by atoms with E-state index in [1.807, 2.05) is 7.05 Å². The number of nitrogens with two attached hydrogens (primary N) is 1. The van der Waals surface area contributed by atoms with E-state index in [-0.39, 0.29) is 6.03 Å². The van der Waals surface area contributed by atoms with Crippen molar-refractivity contribution in [3.63, 3.8) is 0 Å². The summed E-state index contributed by atoms with van der Waals surface area (Å²) in [4.78, 5) is 12.6. The summed E-state index contributed by atoms with van der Waals surface area (Å²) >= 11 is 0. The molecule has 0 aromatic carbocycles. The van der Waals surface area contributed by atoms with Gasteiger partial charge in [-0.2, -0.15) is 0 Å². The smallest absolute Gasteiger partial charge is 0.314 e. The highest BCUT2D eigenvalue weighted by molar-refractivity contribution is 5.71. The van der Waals surface area contributed by atoms with Crippen LogP contribution in [0.25, 0.3) is 0 Å². The lowest BCUT2D eigenvalue weighted by Gasteiger charge is -2.17. The second kappa shape index (κ2) is 5.07. The lowest BCUT2D eigenvalue weighted by Crippen LogP contribution is -2.36. The second-order valence-electron chi connectivity index (χ2n) is 3.68. The minimum absolute atomic E-state index is 0.273. The van der Waals surface area contributed by atoms with Crippen LogP contribution >= 0.6 is 0 Å². The van der Waals surface area contributed by atoms with Crippen molar-refractivity contribution in [3.05, 3.63) is 0 Å². The molecule has 1 aliphatic heterocycles. The zero-order valence-electron chi connectivity index (χ0n) is 8.25. The van der Waals surface area contributed by atoms with Crippen LogP contribution in [0, 0.1) is 5.92 Å². The fourth-order valence-corrected chi connectivity index (χ4v) is 1.88. The fraction of sp³-hybridized carbons (Fsp3) is 0.889. The molecule has 4 nitrogen and oxygen atoms in total. The summed E-state index contributed by atoms with van der Waals surface area (Å²) in [6.45, 7) is 2.70. The largest absolute Gasteiger partial charge is 0.351 e. The Morgan fingerprint density at radius 3 is 2.92 bits per heavy atom.